The first-order chi connectivity index (χ1) is 10.2. The van der Waals surface area contributed by atoms with Gasteiger partial charge in [0.15, 0.2) is 0 Å². The van der Waals surface area contributed by atoms with E-state index in [0.29, 0.717) is 6.54 Å². The predicted octanol–water partition coefficient (Wildman–Crippen LogP) is 2.84. The molecule has 0 bridgehead atoms. The Labute approximate surface area is 132 Å². The molecular weight excluding hydrogens is 319 g/mol. The van der Waals surface area contributed by atoms with Crippen molar-refractivity contribution >= 4 is 23.2 Å². The highest BCUT2D eigenvalue weighted by atomic mass is 35.5. The molecule has 0 heterocycles. The van der Waals surface area contributed by atoms with Crippen LogP contribution in [0.15, 0.2) is 18.2 Å². The lowest BCUT2D eigenvalue weighted by atomic mass is 10.2. The van der Waals surface area contributed by atoms with Crippen molar-refractivity contribution in [1.29, 1.82) is 0 Å². The van der Waals surface area contributed by atoms with Crippen molar-refractivity contribution in [2.75, 3.05) is 39.0 Å². The van der Waals surface area contributed by atoms with Gasteiger partial charge in [-0.3, -0.25) is 4.79 Å². The van der Waals surface area contributed by atoms with Gasteiger partial charge in [-0.2, -0.15) is 13.2 Å². The Kier molecular flexibility index (Phi) is 7.12. The zero-order chi connectivity index (χ0) is 16.8. The number of alkyl halides is 3. The molecule has 0 aromatic heterocycles. The van der Waals surface area contributed by atoms with Gasteiger partial charge >= 0.3 is 6.18 Å². The van der Waals surface area contributed by atoms with E-state index in [1.807, 2.05) is 19.0 Å². The average Bonchev–Trinajstić information content (AvgIpc) is 2.39. The van der Waals surface area contributed by atoms with E-state index in [9.17, 15) is 18.0 Å². The van der Waals surface area contributed by atoms with Gasteiger partial charge in [0.1, 0.15) is 0 Å². The first-order valence-corrected chi connectivity index (χ1v) is 7.10. The Morgan fingerprint density at radius 2 is 1.95 bits per heavy atom. The van der Waals surface area contributed by atoms with Gasteiger partial charge in [0.05, 0.1) is 10.6 Å². The smallest absolute Gasteiger partial charge is 0.326 e. The maximum atomic E-state index is 12.7. The number of carbonyl (C=O) groups excluding carboxylic acids is 1. The molecule has 0 unspecified atom stereocenters. The second-order valence-corrected chi connectivity index (χ2v) is 5.45. The number of anilines is 1. The molecule has 1 rings (SSSR count). The molecule has 0 spiro atoms. The molecule has 1 amide bonds. The SMILES string of the molecule is CN(C)CCNCCC(=O)Nc1ccc(Cl)c(C(F)(F)F)c1. The minimum Gasteiger partial charge on any atom is -0.326 e. The molecule has 8 heteroatoms. The molecule has 0 aliphatic rings. The van der Waals surface area contributed by atoms with Crippen LogP contribution < -0.4 is 10.6 Å². The minimum absolute atomic E-state index is 0.0787. The van der Waals surface area contributed by atoms with Crippen LogP contribution in [0.25, 0.3) is 0 Å². The summed E-state index contributed by atoms with van der Waals surface area (Å²) in [6.45, 7) is 2.03. The van der Waals surface area contributed by atoms with Gasteiger partial charge in [-0.1, -0.05) is 11.6 Å². The monoisotopic (exact) mass is 337 g/mol. The molecule has 22 heavy (non-hydrogen) atoms. The molecule has 0 saturated heterocycles. The molecule has 1 aromatic carbocycles. The molecule has 0 aliphatic carbocycles. The number of hydrogen-bond acceptors (Lipinski definition) is 3. The van der Waals surface area contributed by atoms with Crippen LogP contribution in [0.3, 0.4) is 0 Å². The summed E-state index contributed by atoms with van der Waals surface area (Å²) in [4.78, 5) is 13.7. The van der Waals surface area contributed by atoms with Crippen LogP contribution in [0, 0.1) is 0 Å². The third kappa shape index (κ3) is 6.64. The number of rotatable bonds is 7. The Morgan fingerprint density at radius 3 is 2.55 bits per heavy atom. The maximum Gasteiger partial charge on any atom is 0.417 e. The summed E-state index contributed by atoms with van der Waals surface area (Å²) in [6.07, 6.45) is -4.37. The van der Waals surface area contributed by atoms with E-state index in [1.165, 1.54) is 6.07 Å². The third-order valence-corrected chi connectivity index (χ3v) is 3.15. The second kappa shape index (κ2) is 8.36. The van der Waals surface area contributed by atoms with Crippen LogP contribution in [0.4, 0.5) is 18.9 Å². The maximum absolute atomic E-state index is 12.7. The largest absolute Gasteiger partial charge is 0.417 e. The third-order valence-electron chi connectivity index (χ3n) is 2.82. The number of halogens is 4. The van der Waals surface area contributed by atoms with Gasteiger partial charge in [0.2, 0.25) is 5.91 Å². The van der Waals surface area contributed by atoms with Crippen molar-refractivity contribution in [2.24, 2.45) is 0 Å². The van der Waals surface area contributed by atoms with Crippen LogP contribution in [0.2, 0.25) is 5.02 Å². The lowest BCUT2D eigenvalue weighted by molar-refractivity contribution is -0.137. The fraction of sp³-hybridized carbons (Fsp3) is 0.500. The predicted molar refractivity (Wildman–Crippen MR) is 81.1 cm³/mol. The van der Waals surface area contributed by atoms with Gasteiger partial charge < -0.3 is 15.5 Å². The van der Waals surface area contributed by atoms with Gasteiger partial charge in [-0.15, -0.1) is 0 Å². The van der Waals surface area contributed by atoms with Crippen LogP contribution in [-0.4, -0.2) is 44.5 Å². The van der Waals surface area contributed by atoms with Crippen molar-refractivity contribution in [1.82, 2.24) is 10.2 Å². The van der Waals surface area contributed by atoms with E-state index in [1.54, 1.807) is 0 Å². The zero-order valence-corrected chi connectivity index (χ0v) is 13.2. The Hall–Kier alpha value is -1.31. The van der Waals surface area contributed by atoms with Crippen LogP contribution in [0.1, 0.15) is 12.0 Å². The van der Waals surface area contributed by atoms with Crippen molar-refractivity contribution in [3.8, 4) is 0 Å². The fourth-order valence-corrected chi connectivity index (χ4v) is 1.90. The number of amides is 1. The van der Waals surface area contributed by atoms with Crippen molar-refractivity contribution in [3.05, 3.63) is 28.8 Å². The summed E-state index contributed by atoms with van der Waals surface area (Å²) < 4.78 is 38.1. The van der Waals surface area contributed by atoms with Crippen molar-refractivity contribution in [2.45, 2.75) is 12.6 Å². The molecule has 1 aromatic rings. The zero-order valence-electron chi connectivity index (χ0n) is 12.4. The van der Waals surface area contributed by atoms with Crippen LogP contribution in [0.5, 0.6) is 0 Å². The number of likely N-dealkylation sites (N-methyl/N-ethyl adjacent to an activating group) is 1. The standard InChI is InChI=1S/C14H19ClF3N3O/c1-21(2)8-7-19-6-5-13(22)20-10-3-4-12(15)11(9-10)14(16,17)18/h3-4,9,19H,5-8H2,1-2H3,(H,20,22). The summed E-state index contributed by atoms with van der Waals surface area (Å²) in [6, 6.07) is 3.30. The first kappa shape index (κ1) is 18.7. The van der Waals surface area contributed by atoms with E-state index in [4.69, 9.17) is 11.6 Å². The summed E-state index contributed by atoms with van der Waals surface area (Å²) in [7, 11) is 3.88. The van der Waals surface area contributed by atoms with E-state index in [-0.39, 0.29) is 18.0 Å². The molecule has 0 aliphatic heterocycles. The molecule has 4 nitrogen and oxygen atoms in total. The highest BCUT2D eigenvalue weighted by molar-refractivity contribution is 6.31. The Morgan fingerprint density at radius 1 is 1.27 bits per heavy atom. The number of nitrogens with one attached hydrogen (secondary N) is 2. The van der Waals surface area contributed by atoms with Gasteiger partial charge in [0, 0.05) is 31.7 Å². The molecule has 124 valence electrons. The number of nitrogens with zero attached hydrogens (tertiary/aromatic N) is 1. The molecule has 0 fully saturated rings. The average molecular weight is 338 g/mol. The highest BCUT2D eigenvalue weighted by Gasteiger charge is 2.33. The fourth-order valence-electron chi connectivity index (χ4n) is 1.67. The minimum atomic E-state index is -4.55. The second-order valence-electron chi connectivity index (χ2n) is 5.04. The molecule has 0 radical (unpaired) electrons. The topological polar surface area (TPSA) is 44.4 Å². The van der Waals surface area contributed by atoms with Crippen molar-refractivity contribution in [3.63, 3.8) is 0 Å². The normalized spacial score (nSPS) is 11.8. The summed E-state index contributed by atoms with van der Waals surface area (Å²) in [5.41, 5.74) is -0.883. The molecular formula is C14H19ClF3N3O. The highest BCUT2D eigenvalue weighted by Crippen LogP contribution is 2.36. The molecule has 0 atom stereocenters. The molecule has 0 saturated carbocycles. The Balaban J connectivity index is 2.48. The number of hydrogen-bond donors (Lipinski definition) is 2. The van der Waals surface area contributed by atoms with Crippen LogP contribution in [-0.2, 0) is 11.0 Å². The van der Waals surface area contributed by atoms with Crippen LogP contribution >= 0.6 is 11.6 Å². The summed E-state index contributed by atoms with van der Waals surface area (Å²) >= 11 is 5.51. The van der Waals surface area contributed by atoms with E-state index in [2.05, 4.69) is 10.6 Å². The van der Waals surface area contributed by atoms with Crippen molar-refractivity contribution < 1.29 is 18.0 Å². The quantitative estimate of drug-likeness (QED) is 0.752. The summed E-state index contributed by atoms with van der Waals surface area (Å²) in [5.74, 6) is -0.354. The number of benzene rings is 1. The lowest BCUT2D eigenvalue weighted by Crippen LogP contribution is -2.29. The molecule has 2 N–H and O–H groups in total. The van der Waals surface area contributed by atoms with Gasteiger partial charge in [0.25, 0.3) is 0 Å². The summed E-state index contributed by atoms with van der Waals surface area (Å²) in [5, 5.41) is 5.12. The van der Waals surface area contributed by atoms with Gasteiger partial charge in [-0.25, -0.2) is 0 Å². The number of carbonyl (C=O) groups is 1. The Bertz CT molecular complexity index is 507. The van der Waals surface area contributed by atoms with Gasteiger partial charge in [-0.05, 0) is 32.3 Å². The van der Waals surface area contributed by atoms with E-state index < -0.39 is 16.8 Å². The van der Waals surface area contributed by atoms with E-state index >= 15 is 0 Å². The first-order valence-electron chi connectivity index (χ1n) is 6.72. The van der Waals surface area contributed by atoms with E-state index in [0.717, 1.165) is 25.2 Å². The lowest BCUT2D eigenvalue weighted by Gasteiger charge is -2.12.